The summed E-state index contributed by atoms with van der Waals surface area (Å²) in [6.45, 7) is 0. The lowest BCUT2D eigenvalue weighted by atomic mass is 9.92. The first-order valence-corrected chi connectivity index (χ1v) is 6.64. The van der Waals surface area contributed by atoms with Crippen LogP contribution in [0.25, 0.3) is 0 Å². The third-order valence-corrected chi connectivity index (χ3v) is 4.71. The highest BCUT2D eigenvalue weighted by Gasteiger charge is 2.47. The van der Waals surface area contributed by atoms with Gasteiger partial charge in [-0.05, 0) is 48.6 Å². The molecule has 0 aromatic heterocycles. The van der Waals surface area contributed by atoms with E-state index in [1.54, 1.807) is 12.1 Å². The van der Waals surface area contributed by atoms with Crippen molar-refractivity contribution in [3.05, 3.63) is 34.6 Å². The van der Waals surface area contributed by atoms with Crippen LogP contribution in [0.5, 0.6) is 0 Å². The van der Waals surface area contributed by atoms with E-state index in [1.165, 1.54) is 12.5 Å². The number of aliphatic hydroxyl groups is 1. The Kier molecular flexibility index (Phi) is 2.87. The van der Waals surface area contributed by atoms with Gasteiger partial charge in [0, 0.05) is 6.42 Å². The van der Waals surface area contributed by atoms with Crippen LogP contribution >= 0.6 is 11.6 Å². The molecule has 1 N–H and O–H groups in total. The van der Waals surface area contributed by atoms with Crippen molar-refractivity contribution >= 4 is 11.6 Å². The van der Waals surface area contributed by atoms with Crippen LogP contribution < -0.4 is 0 Å². The second kappa shape index (κ2) is 4.25. The van der Waals surface area contributed by atoms with Crippen LogP contribution in [0, 0.1) is 23.6 Å². The highest BCUT2D eigenvalue weighted by Crippen LogP contribution is 2.55. The van der Waals surface area contributed by atoms with Gasteiger partial charge in [-0.25, -0.2) is 4.39 Å². The summed E-state index contributed by atoms with van der Waals surface area (Å²) in [6, 6.07) is 4.79. The fourth-order valence-corrected chi connectivity index (χ4v) is 3.38. The molecule has 3 atom stereocenters. The average molecular weight is 255 g/mol. The molecule has 2 aliphatic rings. The maximum absolute atomic E-state index is 13.3. The molecule has 2 saturated carbocycles. The summed E-state index contributed by atoms with van der Waals surface area (Å²) in [5, 5.41) is 10.3. The lowest BCUT2D eigenvalue weighted by Crippen LogP contribution is -2.22. The van der Waals surface area contributed by atoms with Gasteiger partial charge in [0.05, 0.1) is 11.1 Å². The number of hydrogen-bond acceptors (Lipinski definition) is 1. The molecule has 0 aliphatic heterocycles. The monoisotopic (exact) mass is 254 g/mol. The molecule has 1 aromatic rings. The highest BCUT2D eigenvalue weighted by atomic mass is 35.5. The number of benzene rings is 1. The molecule has 0 heterocycles. The van der Waals surface area contributed by atoms with E-state index in [9.17, 15) is 9.50 Å². The molecule has 2 fully saturated rings. The first kappa shape index (κ1) is 11.5. The molecule has 0 spiro atoms. The Balaban J connectivity index is 1.67. The third kappa shape index (κ3) is 2.21. The van der Waals surface area contributed by atoms with Crippen molar-refractivity contribution in [1.82, 2.24) is 0 Å². The summed E-state index contributed by atoms with van der Waals surface area (Å²) in [5.41, 5.74) is 0.722. The maximum Gasteiger partial charge on any atom is 0.142 e. The Labute approximate surface area is 106 Å². The molecule has 2 aliphatic carbocycles. The van der Waals surface area contributed by atoms with Crippen molar-refractivity contribution in [3.63, 3.8) is 0 Å². The van der Waals surface area contributed by atoms with Crippen molar-refractivity contribution in [2.45, 2.75) is 31.8 Å². The molecule has 1 aromatic carbocycles. The zero-order chi connectivity index (χ0) is 12.0. The molecule has 0 radical (unpaired) electrons. The summed E-state index contributed by atoms with van der Waals surface area (Å²) in [5.74, 6) is 1.71. The van der Waals surface area contributed by atoms with Gasteiger partial charge in [0.1, 0.15) is 5.82 Å². The molecule has 0 saturated heterocycles. The normalized spacial score (nSPS) is 32.3. The minimum Gasteiger partial charge on any atom is -0.392 e. The molecule has 92 valence electrons. The maximum atomic E-state index is 13.3. The Bertz CT molecular complexity index is 424. The van der Waals surface area contributed by atoms with Gasteiger partial charge in [-0.15, -0.1) is 0 Å². The molecule has 0 bridgehead atoms. The third-order valence-electron chi connectivity index (χ3n) is 4.28. The lowest BCUT2D eigenvalue weighted by Gasteiger charge is -2.20. The minimum atomic E-state index is -0.398. The van der Waals surface area contributed by atoms with E-state index >= 15 is 0 Å². The molecule has 0 amide bonds. The van der Waals surface area contributed by atoms with Gasteiger partial charge in [0.25, 0.3) is 0 Å². The Morgan fingerprint density at radius 3 is 2.71 bits per heavy atom. The second-order valence-corrected chi connectivity index (χ2v) is 5.85. The number of aliphatic hydroxyl groups excluding tert-OH is 1. The van der Waals surface area contributed by atoms with Gasteiger partial charge in [-0.2, -0.15) is 0 Å². The Morgan fingerprint density at radius 1 is 1.29 bits per heavy atom. The molecular formula is C14H16ClFO. The Hall–Kier alpha value is -0.600. The van der Waals surface area contributed by atoms with Gasteiger partial charge in [0.15, 0.2) is 0 Å². The second-order valence-electron chi connectivity index (χ2n) is 5.47. The van der Waals surface area contributed by atoms with Gasteiger partial charge in [-0.1, -0.05) is 23.7 Å². The molecule has 3 rings (SSSR count). The average Bonchev–Trinajstić information content (AvgIpc) is 2.92. The summed E-state index contributed by atoms with van der Waals surface area (Å²) in [7, 11) is 0. The number of hydrogen-bond donors (Lipinski definition) is 1. The van der Waals surface area contributed by atoms with Gasteiger partial charge in [-0.3, -0.25) is 0 Å². The van der Waals surface area contributed by atoms with Crippen molar-refractivity contribution in [1.29, 1.82) is 0 Å². The fourth-order valence-electron chi connectivity index (χ4n) is 3.17. The van der Waals surface area contributed by atoms with E-state index in [1.807, 2.05) is 0 Å². The first-order valence-electron chi connectivity index (χ1n) is 6.26. The summed E-state index contributed by atoms with van der Waals surface area (Å²) < 4.78 is 13.3. The van der Waals surface area contributed by atoms with Crippen molar-refractivity contribution in [2.24, 2.45) is 17.8 Å². The minimum absolute atomic E-state index is 0.162. The van der Waals surface area contributed by atoms with Crippen molar-refractivity contribution in [2.75, 3.05) is 0 Å². The van der Waals surface area contributed by atoms with Crippen LogP contribution in [-0.2, 0) is 6.42 Å². The Morgan fingerprint density at radius 2 is 2.00 bits per heavy atom. The molecule has 1 nitrogen and oxygen atoms in total. The van der Waals surface area contributed by atoms with Crippen LogP contribution in [0.2, 0.25) is 5.02 Å². The lowest BCUT2D eigenvalue weighted by molar-refractivity contribution is 0.104. The predicted molar refractivity (Wildman–Crippen MR) is 65.4 cm³/mol. The van der Waals surface area contributed by atoms with E-state index < -0.39 is 5.82 Å². The molecular weight excluding hydrogens is 239 g/mol. The predicted octanol–water partition coefficient (Wildman–Crippen LogP) is 3.43. The summed E-state index contributed by atoms with van der Waals surface area (Å²) in [4.78, 5) is 0. The summed E-state index contributed by atoms with van der Waals surface area (Å²) in [6.07, 6.45) is 3.73. The first-order chi connectivity index (χ1) is 8.15. The van der Waals surface area contributed by atoms with Crippen LogP contribution in [0.3, 0.4) is 0 Å². The fraction of sp³-hybridized carbons (Fsp3) is 0.571. The topological polar surface area (TPSA) is 20.2 Å². The largest absolute Gasteiger partial charge is 0.392 e. The van der Waals surface area contributed by atoms with Crippen molar-refractivity contribution < 1.29 is 9.50 Å². The zero-order valence-electron chi connectivity index (χ0n) is 9.57. The number of fused-ring (bicyclic) bond motifs is 1. The SMILES string of the molecule is OC(Cc1cccc(F)c1Cl)C1CC2CC2C1. The standard InChI is InChI=1S/C14H16ClFO/c15-14-8(2-1-3-12(14)16)7-13(17)11-5-9-4-10(9)6-11/h1-3,9-11,13,17H,4-7H2. The number of rotatable bonds is 3. The molecule has 17 heavy (non-hydrogen) atoms. The van der Waals surface area contributed by atoms with Crippen LogP contribution in [0.4, 0.5) is 4.39 Å². The van der Waals surface area contributed by atoms with E-state index in [4.69, 9.17) is 11.6 Å². The van der Waals surface area contributed by atoms with Gasteiger partial charge in [0.2, 0.25) is 0 Å². The van der Waals surface area contributed by atoms with E-state index in [2.05, 4.69) is 0 Å². The van der Waals surface area contributed by atoms with E-state index in [0.29, 0.717) is 12.3 Å². The smallest absolute Gasteiger partial charge is 0.142 e. The van der Waals surface area contributed by atoms with Gasteiger partial charge < -0.3 is 5.11 Å². The molecule has 3 heteroatoms. The van der Waals surface area contributed by atoms with E-state index in [-0.39, 0.29) is 11.1 Å². The van der Waals surface area contributed by atoms with Crippen molar-refractivity contribution in [3.8, 4) is 0 Å². The van der Waals surface area contributed by atoms with Crippen LogP contribution in [-0.4, -0.2) is 11.2 Å². The molecule has 3 unspecified atom stereocenters. The quantitative estimate of drug-likeness (QED) is 0.876. The zero-order valence-corrected chi connectivity index (χ0v) is 10.3. The number of halogens is 2. The highest BCUT2D eigenvalue weighted by molar-refractivity contribution is 6.31. The van der Waals surface area contributed by atoms with Crippen LogP contribution in [0.1, 0.15) is 24.8 Å². The van der Waals surface area contributed by atoms with E-state index in [0.717, 1.165) is 30.2 Å². The van der Waals surface area contributed by atoms with Crippen LogP contribution in [0.15, 0.2) is 18.2 Å². The van der Waals surface area contributed by atoms with Gasteiger partial charge >= 0.3 is 0 Å². The summed E-state index contributed by atoms with van der Waals surface area (Å²) >= 11 is 5.90.